The lowest BCUT2D eigenvalue weighted by molar-refractivity contribution is 0.346. The van der Waals surface area contributed by atoms with Crippen LogP contribution in [0.2, 0.25) is 5.02 Å². The van der Waals surface area contributed by atoms with Crippen LogP contribution < -0.4 is 14.3 Å². The second-order valence-electron chi connectivity index (χ2n) is 7.72. The molecule has 3 aromatic rings. The standard InChI is InChI=1S/C23H26ClN3O4S2/c1-26-20(15-32-23(26)25-19-14-21(30-2)18(24)13-22(19)31-3)16-7-9-17(10-8-16)33(28,29)27-11-5-4-6-12-27/h7-10,13-15H,4-6,11-12H2,1-3H3. The largest absolute Gasteiger partial charge is 0.495 e. The molecule has 1 aliphatic rings. The van der Waals surface area contributed by atoms with Crippen LogP contribution in [0.15, 0.2) is 51.7 Å². The zero-order chi connectivity index (χ0) is 23.6. The quantitative estimate of drug-likeness (QED) is 0.479. The lowest BCUT2D eigenvalue weighted by atomic mass is 10.2. The average Bonchev–Trinajstić information content (AvgIpc) is 3.20. The summed E-state index contributed by atoms with van der Waals surface area (Å²) in [6.07, 6.45) is 2.92. The summed E-state index contributed by atoms with van der Waals surface area (Å²) in [5.41, 5.74) is 2.44. The van der Waals surface area contributed by atoms with Crippen LogP contribution in [0.25, 0.3) is 11.3 Å². The Bertz CT molecular complexity index is 1310. The van der Waals surface area contributed by atoms with Crippen LogP contribution in [0, 0.1) is 0 Å². The molecular weight excluding hydrogens is 482 g/mol. The Morgan fingerprint density at radius 3 is 2.30 bits per heavy atom. The monoisotopic (exact) mass is 507 g/mol. The number of sulfonamides is 1. The molecule has 1 fully saturated rings. The van der Waals surface area contributed by atoms with E-state index in [1.165, 1.54) is 11.3 Å². The molecule has 4 rings (SSSR count). The first-order chi connectivity index (χ1) is 15.8. The molecule has 2 heterocycles. The van der Waals surface area contributed by atoms with E-state index in [1.54, 1.807) is 42.8 Å². The van der Waals surface area contributed by atoms with Gasteiger partial charge < -0.3 is 14.0 Å². The number of halogens is 1. The van der Waals surface area contributed by atoms with Gasteiger partial charge in [-0.1, -0.05) is 30.2 Å². The van der Waals surface area contributed by atoms with Crippen molar-refractivity contribution in [2.24, 2.45) is 12.0 Å². The highest BCUT2D eigenvalue weighted by Gasteiger charge is 2.25. The van der Waals surface area contributed by atoms with Crippen molar-refractivity contribution in [1.29, 1.82) is 0 Å². The van der Waals surface area contributed by atoms with E-state index >= 15 is 0 Å². The molecule has 33 heavy (non-hydrogen) atoms. The minimum absolute atomic E-state index is 0.328. The first-order valence-corrected chi connectivity index (χ1v) is 13.3. The molecule has 10 heteroatoms. The molecule has 7 nitrogen and oxygen atoms in total. The van der Waals surface area contributed by atoms with Crippen molar-refractivity contribution >= 4 is 38.6 Å². The maximum Gasteiger partial charge on any atom is 0.243 e. The second kappa shape index (κ2) is 9.89. The van der Waals surface area contributed by atoms with Crippen LogP contribution in [-0.2, 0) is 17.1 Å². The summed E-state index contributed by atoms with van der Waals surface area (Å²) >= 11 is 7.67. The van der Waals surface area contributed by atoms with Gasteiger partial charge in [-0.15, -0.1) is 11.3 Å². The predicted octanol–water partition coefficient (Wildman–Crippen LogP) is 4.83. The molecule has 1 saturated heterocycles. The third-order valence-electron chi connectivity index (χ3n) is 5.70. The molecular formula is C23H26ClN3O4S2. The smallest absolute Gasteiger partial charge is 0.243 e. The van der Waals surface area contributed by atoms with Crippen molar-refractivity contribution in [1.82, 2.24) is 8.87 Å². The number of methoxy groups -OCH3 is 2. The summed E-state index contributed by atoms with van der Waals surface area (Å²) in [4.78, 5) is 5.82. The van der Waals surface area contributed by atoms with Crippen molar-refractivity contribution in [3.05, 3.63) is 51.6 Å². The van der Waals surface area contributed by atoms with Crippen LogP contribution in [0.4, 0.5) is 5.69 Å². The Balaban J connectivity index is 1.66. The Kier molecular flexibility index (Phi) is 7.13. The zero-order valence-corrected chi connectivity index (χ0v) is 21.1. The van der Waals surface area contributed by atoms with E-state index in [4.69, 9.17) is 26.1 Å². The van der Waals surface area contributed by atoms with Gasteiger partial charge in [-0.25, -0.2) is 13.4 Å². The van der Waals surface area contributed by atoms with Gasteiger partial charge in [-0.3, -0.25) is 0 Å². The van der Waals surface area contributed by atoms with Crippen LogP contribution in [0.1, 0.15) is 19.3 Å². The molecule has 0 spiro atoms. The molecule has 0 aliphatic carbocycles. The highest BCUT2D eigenvalue weighted by atomic mass is 35.5. The molecule has 0 saturated carbocycles. The second-order valence-corrected chi connectivity index (χ2v) is 10.9. The van der Waals surface area contributed by atoms with Gasteiger partial charge in [0.25, 0.3) is 0 Å². The summed E-state index contributed by atoms with van der Waals surface area (Å²) in [6, 6.07) is 10.5. The SMILES string of the molecule is COc1cc(N=c2scc(-c3ccc(S(=O)(=O)N4CCCCC4)cc3)n2C)c(OC)cc1Cl. The van der Waals surface area contributed by atoms with Gasteiger partial charge in [0.1, 0.15) is 17.2 Å². The van der Waals surface area contributed by atoms with Crippen molar-refractivity contribution in [2.45, 2.75) is 24.2 Å². The van der Waals surface area contributed by atoms with E-state index in [1.807, 2.05) is 29.1 Å². The van der Waals surface area contributed by atoms with Crippen LogP contribution in [0.3, 0.4) is 0 Å². The molecule has 0 amide bonds. The van der Waals surface area contributed by atoms with Crippen molar-refractivity contribution in [3.63, 3.8) is 0 Å². The fourth-order valence-electron chi connectivity index (χ4n) is 3.82. The van der Waals surface area contributed by atoms with Crippen molar-refractivity contribution in [3.8, 4) is 22.8 Å². The maximum absolute atomic E-state index is 12.9. The summed E-state index contributed by atoms with van der Waals surface area (Å²) in [5, 5.41) is 2.44. The Labute approximate surface area is 202 Å². The van der Waals surface area contributed by atoms with Gasteiger partial charge in [-0.05, 0) is 30.5 Å². The van der Waals surface area contributed by atoms with E-state index in [0.29, 0.717) is 40.2 Å². The normalized spacial score (nSPS) is 15.6. The summed E-state index contributed by atoms with van der Waals surface area (Å²) in [5.74, 6) is 1.06. The minimum atomic E-state index is -3.45. The van der Waals surface area contributed by atoms with Crippen LogP contribution >= 0.6 is 22.9 Å². The fraction of sp³-hybridized carbons (Fsp3) is 0.348. The Morgan fingerprint density at radius 1 is 1.00 bits per heavy atom. The minimum Gasteiger partial charge on any atom is -0.495 e. The fourth-order valence-corrected chi connectivity index (χ4v) is 6.49. The first kappa shape index (κ1) is 23.8. The van der Waals surface area contributed by atoms with Crippen molar-refractivity contribution in [2.75, 3.05) is 27.3 Å². The number of piperidine rings is 1. The molecule has 1 aliphatic heterocycles. The molecule has 1 aromatic heterocycles. The maximum atomic E-state index is 12.9. The predicted molar refractivity (Wildman–Crippen MR) is 131 cm³/mol. The van der Waals surface area contributed by atoms with Gasteiger partial charge in [0, 0.05) is 37.6 Å². The number of hydrogen-bond donors (Lipinski definition) is 0. The van der Waals surface area contributed by atoms with Crippen LogP contribution in [-0.4, -0.2) is 44.6 Å². The Hall–Kier alpha value is -2.33. The average molecular weight is 508 g/mol. The van der Waals surface area contributed by atoms with E-state index in [2.05, 4.69) is 0 Å². The molecule has 0 N–H and O–H groups in total. The summed E-state index contributed by atoms with van der Waals surface area (Å²) < 4.78 is 40.1. The number of benzene rings is 2. The van der Waals surface area contributed by atoms with E-state index in [-0.39, 0.29) is 0 Å². The van der Waals surface area contributed by atoms with Gasteiger partial charge >= 0.3 is 0 Å². The number of hydrogen-bond acceptors (Lipinski definition) is 6. The summed E-state index contributed by atoms with van der Waals surface area (Å²) in [6.45, 7) is 1.18. The third-order valence-corrected chi connectivity index (χ3v) is 8.82. The van der Waals surface area contributed by atoms with Gasteiger partial charge in [0.2, 0.25) is 10.0 Å². The number of aromatic nitrogens is 1. The highest BCUT2D eigenvalue weighted by Crippen LogP contribution is 2.37. The van der Waals surface area contributed by atoms with E-state index in [0.717, 1.165) is 35.3 Å². The topological polar surface area (TPSA) is 73.1 Å². The number of ether oxygens (including phenoxy) is 2. The number of rotatable bonds is 6. The van der Waals surface area contributed by atoms with Crippen molar-refractivity contribution < 1.29 is 17.9 Å². The molecule has 2 aromatic carbocycles. The van der Waals surface area contributed by atoms with Gasteiger partial charge in [-0.2, -0.15) is 4.31 Å². The molecule has 0 bridgehead atoms. The third kappa shape index (κ3) is 4.82. The highest BCUT2D eigenvalue weighted by molar-refractivity contribution is 7.89. The molecule has 176 valence electrons. The van der Waals surface area contributed by atoms with Gasteiger partial charge in [0.15, 0.2) is 4.80 Å². The lowest BCUT2D eigenvalue weighted by Gasteiger charge is -2.25. The summed E-state index contributed by atoms with van der Waals surface area (Å²) in [7, 11) is 1.59. The lowest BCUT2D eigenvalue weighted by Crippen LogP contribution is -2.35. The van der Waals surface area contributed by atoms with E-state index < -0.39 is 10.0 Å². The first-order valence-electron chi connectivity index (χ1n) is 10.6. The van der Waals surface area contributed by atoms with Gasteiger partial charge in [0.05, 0.1) is 29.8 Å². The van der Waals surface area contributed by atoms with Crippen LogP contribution in [0.5, 0.6) is 11.5 Å². The van der Waals surface area contributed by atoms with E-state index in [9.17, 15) is 8.42 Å². The number of nitrogens with zero attached hydrogens (tertiary/aromatic N) is 3. The number of thiazole rings is 1. The Morgan fingerprint density at radius 2 is 1.67 bits per heavy atom. The zero-order valence-electron chi connectivity index (χ0n) is 18.7. The molecule has 0 atom stereocenters. The molecule has 0 radical (unpaired) electrons. The molecule has 0 unspecified atom stereocenters.